The molecule has 0 amide bonds. The lowest BCUT2D eigenvalue weighted by Gasteiger charge is -2.11. The lowest BCUT2D eigenvalue weighted by Crippen LogP contribution is -1.89. The van der Waals surface area contributed by atoms with Crippen molar-refractivity contribution < 1.29 is 4.74 Å². The average Bonchev–Trinajstić information content (AvgIpc) is 2.99. The second-order valence-corrected chi connectivity index (χ2v) is 7.50. The van der Waals surface area contributed by atoms with Gasteiger partial charge in [0.05, 0.1) is 11.4 Å². The van der Waals surface area contributed by atoms with Crippen LogP contribution in [0.4, 0.5) is 0 Å². The molecule has 0 aliphatic carbocycles. The van der Waals surface area contributed by atoms with Crippen molar-refractivity contribution in [3.05, 3.63) is 109 Å². The maximum Gasteiger partial charge on any atom is 0.135 e. The summed E-state index contributed by atoms with van der Waals surface area (Å²) in [6, 6.07) is 33.0. The molecule has 1 aliphatic heterocycles. The molecule has 3 aromatic carbocycles. The fourth-order valence-corrected chi connectivity index (χ4v) is 4.09. The molecule has 0 unspecified atom stereocenters. The van der Waals surface area contributed by atoms with Gasteiger partial charge in [0.1, 0.15) is 11.5 Å². The zero-order valence-corrected chi connectivity index (χ0v) is 16.7. The SMILES string of the molecule is c1ccc(-c2ccc(-c3ccc4c(c3)-c3ccccc3-c3ccccc3O4)cn2)nc1. The molecule has 5 aromatic rings. The standard InChI is InChI=1S/C28H18N2O/c1-2-8-22-21(7-1)23-9-3-4-11-27(23)31-28-15-13-19(17-24(22)28)20-12-14-26(30-18-20)25-10-5-6-16-29-25/h1-18H. The second kappa shape index (κ2) is 7.22. The lowest BCUT2D eigenvalue weighted by atomic mass is 9.93. The van der Waals surface area contributed by atoms with Crippen LogP contribution in [-0.4, -0.2) is 9.97 Å². The van der Waals surface area contributed by atoms with E-state index in [9.17, 15) is 0 Å². The van der Waals surface area contributed by atoms with Gasteiger partial charge in [-0.25, -0.2) is 0 Å². The quantitative estimate of drug-likeness (QED) is 0.308. The third kappa shape index (κ3) is 3.08. The zero-order valence-electron chi connectivity index (χ0n) is 16.7. The monoisotopic (exact) mass is 398 g/mol. The predicted molar refractivity (Wildman–Crippen MR) is 124 cm³/mol. The van der Waals surface area contributed by atoms with E-state index in [2.05, 4.69) is 70.6 Å². The number of nitrogens with zero attached hydrogens (tertiary/aromatic N) is 2. The Balaban J connectivity index is 1.46. The van der Waals surface area contributed by atoms with E-state index < -0.39 is 0 Å². The molecule has 0 spiro atoms. The molecule has 2 aromatic heterocycles. The number of fused-ring (bicyclic) bond motifs is 5. The van der Waals surface area contributed by atoms with Crippen molar-refractivity contribution in [2.75, 3.05) is 0 Å². The second-order valence-electron chi connectivity index (χ2n) is 7.50. The van der Waals surface area contributed by atoms with Crippen LogP contribution < -0.4 is 4.74 Å². The van der Waals surface area contributed by atoms with Crippen LogP contribution in [0.3, 0.4) is 0 Å². The van der Waals surface area contributed by atoms with Gasteiger partial charge in [0.2, 0.25) is 0 Å². The Morgan fingerprint density at radius 2 is 1.16 bits per heavy atom. The van der Waals surface area contributed by atoms with E-state index in [1.165, 1.54) is 11.1 Å². The molecule has 0 N–H and O–H groups in total. The molecule has 6 rings (SSSR count). The molecular formula is C28H18N2O. The van der Waals surface area contributed by atoms with Crippen molar-refractivity contribution in [2.24, 2.45) is 0 Å². The van der Waals surface area contributed by atoms with Gasteiger partial charge in [-0.15, -0.1) is 0 Å². The van der Waals surface area contributed by atoms with Gasteiger partial charge in [-0.3, -0.25) is 9.97 Å². The molecule has 0 radical (unpaired) electrons. The summed E-state index contributed by atoms with van der Waals surface area (Å²) in [4.78, 5) is 9.02. The summed E-state index contributed by atoms with van der Waals surface area (Å²) in [7, 11) is 0. The number of hydrogen-bond donors (Lipinski definition) is 0. The van der Waals surface area contributed by atoms with Crippen molar-refractivity contribution in [1.29, 1.82) is 0 Å². The summed E-state index contributed by atoms with van der Waals surface area (Å²) >= 11 is 0. The number of aromatic nitrogens is 2. The molecule has 3 heterocycles. The molecule has 146 valence electrons. The van der Waals surface area contributed by atoms with Gasteiger partial charge in [-0.05, 0) is 53.1 Å². The van der Waals surface area contributed by atoms with Crippen molar-refractivity contribution >= 4 is 0 Å². The Hall–Kier alpha value is -4.24. The van der Waals surface area contributed by atoms with E-state index in [0.29, 0.717) is 0 Å². The van der Waals surface area contributed by atoms with Gasteiger partial charge in [0.15, 0.2) is 0 Å². The Bertz CT molecular complexity index is 1390. The Morgan fingerprint density at radius 1 is 0.484 bits per heavy atom. The van der Waals surface area contributed by atoms with E-state index in [1.807, 2.05) is 42.6 Å². The Kier molecular flexibility index (Phi) is 4.10. The van der Waals surface area contributed by atoms with Crippen LogP contribution in [0.5, 0.6) is 11.5 Å². The number of para-hydroxylation sites is 1. The summed E-state index contributed by atoms with van der Waals surface area (Å²) < 4.78 is 6.33. The van der Waals surface area contributed by atoms with Crippen LogP contribution in [0.1, 0.15) is 0 Å². The molecule has 1 aliphatic rings. The molecule has 0 saturated heterocycles. The summed E-state index contributed by atoms with van der Waals surface area (Å²) in [6.07, 6.45) is 3.69. The summed E-state index contributed by atoms with van der Waals surface area (Å²) in [5.41, 5.74) is 8.43. The number of rotatable bonds is 2. The first-order chi connectivity index (χ1) is 15.4. The van der Waals surface area contributed by atoms with Crippen LogP contribution in [0.25, 0.3) is 44.8 Å². The van der Waals surface area contributed by atoms with Crippen molar-refractivity contribution in [1.82, 2.24) is 9.97 Å². The number of ether oxygens (including phenoxy) is 1. The van der Waals surface area contributed by atoms with Crippen molar-refractivity contribution in [3.63, 3.8) is 0 Å². The first-order valence-electron chi connectivity index (χ1n) is 10.3. The van der Waals surface area contributed by atoms with Crippen LogP contribution in [0.15, 0.2) is 109 Å². The van der Waals surface area contributed by atoms with Gasteiger partial charge < -0.3 is 4.74 Å². The van der Waals surface area contributed by atoms with E-state index in [4.69, 9.17) is 4.74 Å². The lowest BCUT2D eigenvalue weighted by molar-refractivity contribution is 0.488. The maximum atomic E-state index is 6.33. The largest absolute Gasteiger partial charge is 0.456 e. The minimum Gasteiger partial charge on any atom is -0.456 e. The summed E-state index contributed by atoms with van der Waals surface area (Å²) in [5.74, 6) is 1.74. The number of hydrogen-bond acceptors (Lipinski definition) is 3. The number of pyridine rings is 2. The Labute approximate surface area is 180 Å². The van der Waals surface area contributed by atoms with Crippen molar-refractivity contribution in [3.8, 4) is 56.3 Å². The first kappa shape index (κ1) is 17.6. The van der Waals surface area contributed by atoms with Gasteiger partial charge >= 0.3 is 0 Å². The third-order valence-electron chi connectivity index (χ3n) is 5.62. The zero-order chi connectivity index (χ0) is 20.6. The van der Waals surface area contributed by atoms with Crippen LogP contribution in [-0.2, 0) is 0 Å². The highest BCUT2D eigenvalue weighted by molar-refractivity contribution is 5.92. The average molecular weight is 398 g/mol. The minimum atomic E-state index is 0.860. The van der Waals surface area contributed by atoms with Crippen LogP contribution in [0.2, 0.25) is 0 Å². The summed E-state index contributed by atoms with van der Waals surface area (Å²) in [5, 5.41) is 0. The molecule has 3 heteroatoms. The summed E-state index contributed by atoms with van der Waals surface area (Å²) in [6.45, 7) is 0. The topological polar surface area (TPSA) is 35.0 Å². The minimum absolute atomic E-state index is 0.860. The number of benzene rings is 3. The smallest absolute Gasteiger partial charge is 0.135 e. The Morgan fingerprint density at radius 3 is 1.94 bits per heavy atom. The molecule has 0 saturated carbocycles. The highest BCUT2D eigenvalue weighted by Gasteiger charge is 2.20. The van der Waals surface area contributed by atoms with E-state index >= 15 is 0 Å². The maximum absolute atomic E-state index is 6.33. The van der Waals surface area contributed by atoms with E-state index in [1.54, 1.807) is 6.20 Å². The van der Waals surface area contributed by atoms with Gasteiger partial charge in [-0.2, -0.15) is 0 Å². The van der Waals surface area contributed by atoms with Gasteiger partial charge in [0.25, 0.3) is 0 Å². The first-order valence-corrected chi connectivity index (χ1v) is 10.3. The molecule has 0 bridgehead atoms. The highest BCUT2D eigenvalue weighted by atomic mass is 16.5. The fraction of sp³-hybridized carbons (Fsp3) is 0. The third-order valence-corrected chi connectivity index (χ3v) is 5.62. The molecule has 3 nitrogen and oxygen atoms in total. The van der Waals surface area contributed by atoms with Crippen molar-refractivity contribution in [2.45, 2.75) is 0 Å². The highest BCUT2D eigenvalue weighted by Crippen LogP contribution is 2.47. The molecule has 0 atom stereocenters. The fourth-order valence-electron chi connectivity index (χ4n) is 4.09. The molecular weight excluding hydrogens is 380 g/mol. The van der Waals surface area contributed by atoms with Crippen LogP contribution >= 0.6 is 0 Å². The van der Waals surface area contributed by atoms with Crippen LogP contribution in [0, 0.1) is 0 Å². The van der Waals surface area contributed by atoms with Gasteiger partial charge in [-0.1, -0.05) is 60.7 Å². The normalized spacial score (nSPS) is 11.5. The van der Waals surface area contributed by atoms with Gasteiger partial charge in [0, 0.05) is 29.1 Å². The van der Waals surface area contributed by atoms with E-state index in [0.717, 1.165) is 45.1 Å². The molecule has 31 heavy (non-hydrogen) atoms. The van der Waals surface area contributed by atoms with E-state index in [-0.39, 0.29) is 0 Å². The molecule has 0 fully saturated rings. The predicted octanol–water partition coefficient (Wildman–Crippen LogP) is 7.25.